The third kappa shape index (κ3) is 4.47. The molecule has 0 atom stereocenters. The molecule has 108 valence electrons. The lowest BCUT2D eigenvalue weighted by molar-refractivity contribution is -0.138. The van der Waals surface area contributed by atoms with Gasteiger partial charge in [-0.15, -0.1) is 0 Å². The standard InChI is InChI=1S/C14H18N2O4/c1-3-13(18)12(14(19)20-4-2)8-16-10-5-6-11(9-17)15-7-10/h5-8,17-18H,3-4,9H2,1-2H3. The van der Waals surface area contributed by atoms with E-state index in [1.807, 2.05) is 0 Å². The quantitative estimate of drug-likeness (QED) is 0.359. The molecule has 0 saturated heterocycles. The van der Waals surface area contributed by atoms with E-state index in [2.05, 4.69) is 9.98 Å². The van der Waals surface area contributed by atoms with Crippen molar-refractivity contribution in [1.29, 1.82) is 0 Å². The van der Waals surface area contributed by atoms with Crippen molar-refractivity contribution in [1.82, 2.24) is 4.98 Å². The number of hydrogen-bond acceptors (Lipinski definition) is 6. The number of aromatic nitrogens is 1. The number of nitrogens with zero attached hydrogens (tertiary/aromatic N) is 2. The van der Waals surface area contributed by atoms with Crippen molar-refractivity contribution in [3.8, 4) is 0 Å². The Kier molecular flexibility index (Phi) is 6.39. The normalized spacial score (nSPS) is 12.3. The first kappa shape index (κ1) is 15.8. The Balaban J connectivity index is 2.94. The van der Waals surface area contributed by atoms with Crippen LogP contribution in [0.1, 0.15) is 26.0 Å². The van der Waals surface area contributed by atoms with Crippen LogP contribution < -0.4 is 0 Å². The van der Waals surface area contributed by atoms with Gasteiger partial charge in [-0.1, -0.05) is 6.92 Å². The lowest BCUT2D eigenvalue weighted by Gasteiger charge is -2.04. The third-order valence-corrected chi connectivity index (χ3v) is 2.45. The average molecular weight is 278 g/mol. The molecule has 0 aliphatic heterocycles. The van der Waals surface area contributed by atoms with Gasteiger partial charge in [-0.25, -0.2) is 4.79 Å². The molecule has 20 heavy (non-hydrogen) atoms. The highest BCUT2D eigenvalue weighted by molar-refractivity contribution is 6.10. The molecule has 6 heteroatoms. The first-order valence-electron chi connectivity index (χ1n) is 6.31. The van der Waals surface area contributed by atoms with E-state index in [0.717, 1.165) is 0 Å². The van der Waals surface area contributed by atoms with E-state index in [1.54, 1.807) is 26.0 Å². The fourth-order valence-electron chi connectivity index (χ4n) is 1.37. The molecule has 1 rings (SSSR count). The molecule has 0 fully saturated rings. The number of rotatable bonds is 6. The molecule has 0 aromatic carbocycles. The molecule has 0 aliphatic carbocycles. The van der Waals surface area contributed by atoms with Gasteiger partial charge >= 0.3 is 5.97 Å². The summed E-state index contributed by atoms with van der Waals surface area (Å²) in [5, 5.41) is 18.6. The average Bonchev–Trinajstić information content (AvgIpc) is 2.48. The maximum Gasteiger partial charge on any atom is 0.343 e. The predicted octanol–water partition coefficient (Wildman–Crippen LogP) is 2.06. The molecule has 0 unspecified atom stereocenters. The highest BCUT2D eigenvalue weighted by Gasteiger charge is 2.13. The minimum atomic E-state index is -0.615. The van der Waals surface area contributed by atoms with Gasteiger partial charge in [0.05, 0.1) is 30.8 Å². The lowest BCUT2D eigenvalue weighted by Crippen LogP contribution is -2.11. The highest BCUT2D eigenvalue weighted by Crippen LogP contribution is 2.12. The smallest absolute Gasteiger partial charge is 0.343 e. The van der Waals surface area contributed by atoms with Crippen LogP contribution in [-0.4, -0.2) is 34.0 Å². The van der Waals surface area contributed by atoms with Crippen LogP contribution in [0.5, 0.6) is 0 Å². The highest BCUT2D eigenvalue weighted by atomic mass is 16.5. The summed E-state index contributed by atoms with van der Waals surface area (Å²) >= 11 is 0. The van der Waals surface area contributed by atoms with E-state index < -0.39 is 5.97 Å². The van der Waals surface area contributed by atoms with Crippen molar-refractivity contribution in [2.45, 2.75) is 26.9 Å². The van der Waals surface area contributed by atoms with Gasteiger partial charge in [-0.3, -0.25) is 9.98 Å². The van der Waals surface area contributed by atoms with E-state index in [4.69, 9.17) is 9.84 Å². The summed E-state index contributed by atoms with van der Waals surface area (Å²) in [7, 11) is 0. The molecule has 1 aromatic heterocycles. The maximum absolute atomic E-state index is 11.7. The second-order valence-electron chi connectivity index (χ2n) is 3.86. The molecule has 0 radical (unpaired) electrons. The van der Waals surface area contributed by atoms with Gasteiger partial charge in [0.15, 0.2) is 0 Å². The maximum atomic E-state index is 11.7. The number of aliphatic imine (C=N–C) groups is 1. The third-order valence-electron chi connectivity index (χ3n) is 2.45. The van der Waals surface area contributed by atoms with E-state index >= 15 is 0 Å². The summed E-state index contributed by atoms with van der Waals surface area (Å²) < 4.78 is 4.86. The minimum Gasteiger partial charge on any atom is -0.511 e. The topological polar surface area (TPSA) is 92.0 Å². The molecule has 0 spiro atoms. The van der Waals surface area contributed by atoms with Gasteiger partial charge in [0.2, 0.25) is 0 Å². The Labute approximate surface area is 117 Å². The molecule has 0 aliphatic rings. The summed E-state index contributed by atoms with van der Waals surface area (Å²) in [5.74, 6) is -0.692. The van der Waals surface area contributed by atoms with Gasteiger partial charge in [-0.05, 0) is 19.1 Å². The van der Waals surface area contributed by atoms with Crippen LogP contribution in [0, 0.1) is 0 Å². The molecule has 0 amide bonds. The number of hydrogen-bond donors (Lipinski definition) is 2. The number of aliphatic hydroxyl groups excluding tert-OH is 2. The Morgan fingerprint density at radius 1 is 1.45 bits per heavy atom. The van der Waals surface area contributed by atoms with E-state index in [1.165, 1.54) is 12.4 Å². The van der Waals surface area contributed by atoms with Crippen molar-refractivity contribution < 1.29 is 19.7 Å². The van der Waals surface area contributed by atoms with Crippen LogP contribution in [0.15, 0.2) is 34.7 Å². The van der Waals surface area contributed by atoms with E-state index in [0.29, 0.717) is 17.8 Å². The minimum absolute atomic E-state index is 0.0283. The number of carbonyl (C=O) groups is 1. The first-order valence-corrected chi connectivity index (χ1v) is 6.31. The van der Waals surface area contributed by atoms with Crippen LogP contribution >= 0.6 is 0 Å². The predicted molar refractivity (Wildman–Crippen MR) is 74.9 cm³/mol. The van der Waals surface area contributed by atoms with Gasteiger partial charge in [0.1, 0.15) is 11.3 Å². The van der Waals surface area contributed by atoms with Crippen LogP contribution in [0.2, 0.25) is 0 Å². The molecule has 2 N–H and O–H groups in total. The summed E-state index contributed by atoms with van der Waals surface area (Å²) in [5.41, 5.74) is 1.06. The van der Waals surface area contributed by atoms with E-state index in [9.17, 15) is 9.90 Å². The number of ether oxygens (including phenoxy) is 1. The van der Waals surface area contributed by atoms with Crippen LogP contribution in [0.25, 0.3) is 0 Å². The zero-order valence-electron chi connectivity index (χ0n) is 11.5. The largest absolute Gasteiger partial charge is 0.511 e. The van der Waals surface area contributed by atoms with Crippen LogP contribution in [0.3, 0.4) is 0 Å². The fourth-order valence-corrected chi connectivity index (χ4v) is 1.37. The Hall–Kier alpha value is -2.21. The molecular weight excluding hydrogens is 260 g/mol. The Morgan fingerprint density at radius 2 is 2.20 bits per heavy atom. The summed E-state index contributed by atoms with van der Waals surface area (Å²) in [6.07, 6.45) is 3.03. The van der Waals surface area contributed by atoms with Crippen molar-refractivity contribution in [3.05, 3.63) is 35.4 Å². The molecule has 1 aromatic rings. The summed E-state index contributed by atoms with van der Waals surface area (Å²) in [6.45, 7) is 3.49. The second kappa shape index (κ2) is 8.06. The van der Waals surface area contributed by atoms with Gasteiger partial charge in [-0.2, -0.15) is 0 Å². The molecule has 6 nitrogen and oxygen atoms in total. The zero-order valence-corrected chi connectivity index (χ0v) is 11.5. The molecule has 0 bridgehead atoms. The summed E-state index contributed by atoms with van der Waals surface area (Å²) in [4.78, 5) is 19.7. The fraction of sp³-hybridized carbons (Fsp3) is 0.357. The number of esters is 1. The van der Waals surface area contributed by atoms with Crippen LogP contribution in [0.4, 0.5) is 5.69 Å². The van der Waals surface area contributed by atoms with Gasteiger partial charge < -0.3 is 14.9 Å². The van der Waals surface area contributed by atoms with Crippen LogP contribution in [-0.2, 0) is 16.1 Å². The second-order valence-corrected chi connectivity index (χ2v) is 3.86. The van der Waals surface area contributed by atoms with Gasteiger partial charge in [0, 0.05) is 12.6 Å². The van der Waals surface area contributed by atoms with Crippen molar-refractivity contribution in [2.75, 3.05) is 6.61 Å². The number of aliphatic hydroxyl groups is 2. The first-order chi connectivity index (χ1) is 9.62. The SMILES string of the molecule is CCOC(=O)C(C=Nc1ccc(CO)nc1)=C(O)CC. The molecule has 1 heterocycles. The summed E-state index contributed by atoms with van der Waals surface area (Å²) in [6, 6.07) is 3.28. The number of carbonyl (C=O) groups excluding carboxylic acids is 1. The number of pyridine rings is 1. The van der Waals surface area contributed by atoms with Crippen molar-refractivity contribution >= 4 is 17.9 Å². The Morgan fingerprint density at radius 3 is 2.70 bits per heavy atom. The Bertz CT molecular complexity index is 506. The van der Waals surface area contributed by atoms with E-state index in [-0.39, 0.29) is 24.5 Å². The van der Waals surface area contributed by atoms with Crippen molar-refractivity contribution in [3.63, 3.8) is 0 Å². The molecular formula is C14H18N2O4. The van der Waals surface area contributed by atoms with Crippen molar-refractivity contribution in [2.24, 2.45) is 4.99 Å². The monoisotopic (exact) mass is 278 g/mol. The lowest BCUT2D eigenvalue weighted by atomic mass is 10.2. The van der Waals surface area contributed by atoms with Gasteiger partial charge in [0.25, 0.3) is 0 Å². The zero-order chi connectivity index (χ0) is 15.0. The molecule has 0 saturated carbocycles. The number of allylic oxidation sites excluding steroid dienone is 1.